The molecular formula is C19H32N4O. The molecule has 1 aromatic carbocycles. The zero-order valence-electron chi connectivity index (χ0n) is 15.8. The fourth-order valence-corrected chi connectivity index (χ4v) is 3.21. The summed E-state index contributed by atoms with van der Waals surface area (Å²) in [6, 6.07) is 8.41. The highest BCUT2D eigenvalue weighted by Gasteiger charge is 2.19. The van der Waals surface area contributed by atoms with Crippen LogP contribution in [0.5, 0.6) is 5.75 Å². The molecule has 1 saturated heterocycles. The summed E-state index contributed by atoms with van der Waals surface area (Å²) in [4.78, 5) is 11.5. The van der Waals surface area contributed by atoms with Gasteiger partial charge in [-0.3, -0.25) is 9.89 Å². The maximum absolute atomic E-state index is 5.22. The molecule has 0 aliphatic carbocycles. The summed E-state index contributed by atoms with van der Waals surface area (Å²) in [5.41, 5.74) is 1.36. The number of rotatable bonds is 5. The number of piperidine rings is 1. The summed E-state index contributed by atoms with van der Waals surface area (Å²) >= 11 is 0. The predicted molar refractivity (Wildman–Crippen MR) is 101 cm³/mol. The van der Waals surface area contributed by atoms with Gasteiger partial charge in [0.05, 0.1) is 7.11 Å². The van der Waals surface area contributed by atoms with E-state index < -0.39 is 0 Å². The van der Waals surface area contributed by atoms with Crippen LogP contribution in [0, 0.1) is 5.92 Å². The summed E-state index contributed by atoms with van der Waals surface area (Å²) < 4.78 is 5.22. The molecule has 0 spiro atoms. The van der Waals surface area contributed by atoms with Crippen LogP contribution in [0.25, 0.3) is 0 Å². The van der Waals surface area contributed by atoms with E-state index >= 15 is 0 Å². The smallest absolute Gasteiger partial charge is 0.195 e. The van der Waals surface area contributed by atoms with E-state index in [4.69, 9.17) is 9.73 Å². The average Bonchev–Trinajstić information content (AvgIpc) is 2.56. The molecule has 5 heteroatoms. The Morgan fingerprint density at radius 3 is 2.17 bits per heavy atom. The third-order valence-corrected chi connectivity index (χ3v) is 4.56. The van der Waals surface area contributed by atoms with Crippen LogP contribution in [0.15, 0.2) is 29.3 Å². The first-order valence-corrected chi connectivity index (χ1v) is 8.74. The Morgan fingerprint density at radius 1 is 1.08 bits per heavy atom. The molecular weight excluding hydrogens is 300 g/mol. The normalized spacial score (nSPS) is 15.9. The summed E-state index contributed by atoms with van der Waals surface area (Å²) in [5, 5.41) is 0. The summed E-state index contributed by atoms with van der Waals surface area (Å²) in [7, 11) is 9.92. The molecule has 0 unspecified atom stereocenters. The first-order valence-electron chi connectivity index (χ1n) is 8.74. The number of benzene rings is 1. The number of hydrogen-bond donors (Lipinski definition) is 0. The van der Waals surface area contributed by atoms with Gasteiger partial charge in [0.2, 0.25) is 0 Å². The molecule has 1 fully saturated rings. The van der Waals surface area contributed by atoms with E-state index in [1.54, 1.807) is 7.11 Å². The summed E-state index contributed by atoms with van der Waals surface area (Å²) in [6.45, 7) is 4.28. The number of ether oxygens (including phenoxy) is 1. The lowest BCUT2D eigenvalue weighted by Crippen LogP contribution is -2.37. The minimum atomic E-state index is 0.701. The SMILES string of the molecule is COc1ccc(CN2CCC(CN=C(N(C)C)N(C)C)CC2)cc1. The molecule has 5 nitrogen and oxygen atoms in total. The van der Waals surface area contributed by atoms with Gasteiger partial charge < -0.3 is 14.5 Å². The standard InChI is InChI=1S/C19H32N4O/c1-21(2)19(22(3)4)20-14-16-10-12-23(13-11-16)15-17-6-8-18(24-5)9-7-17/h6-9,16H,10-15H2,1-5H3. The van der Waals surface area contributed by atoms with E-state index in [2.05, 4.69) is 55.0 Å². The average molecular weight is 332 g/mol. The monoisotopic (exact) mass is 332 g/mol. The second-order valence-electron chi connectivity index (χ2n) is 7.00. The van der Waals surface area contributed by atoms with E-state index in [-0.39, 0.29) is 0 Å². The van der Waals surface area contributed by atoms with E-state index in [1.807, 2.05) is 12.1 Å². The second-order valence-corrected chi connectivity index (χ2v) is 7.00. The third-order valence-electron chi connectivity index (χ3n) is 4.56. The van der Waals surface area contributed by atoms with Crippen molar-refractivity contribution in [3.63, 3.8) is 0 Å². The zero-order chi connectivity index (χ0) is 17.5. The molecule has 0 saturated carbocycles. The van der Waals surface area contributed by atoms with E-state index in [0.717, 1.165) is 37.9 Å². The van der Waals surface area contributed by atoms with Crippen LogP contribution >= 0.6 is 0 Å². The van der Waals surface area contributed by atoms with Gasteiger partial charge in [-0.1, -0.05) is 12.1 Å². The topological polar surface area (TPSA) is 31.3 Å². The van der Waals surface area contributed by atoms with E-state index in [1.165, 1.54) is 18.4 Å². The van der Waals surface area contributed by atoms with Crippen molar-refractivity contribution in [1.82, 2.24) is 14.7 Å². The largest absolute Gasteiger partial charge is 0.497 e. The van der Waals surface area contributed by atoms with Crippen LogP contribution in [0.2, 0.25) is 0 Å². The predicted octanol–water partition coefficient (Wildman–Crippen LogP) is 2.39. The Morgan fingerprint density at radius 2 is 1.67 bits per heavy atom. The van der Waals surface area contributed by atoms with Crippen molar-refractivity contribution in [1.29, 1.82) is 0 Å². The van der Waals surface area contributed by atoms with Crippen molar-refractivity contribution in [2.75, 3.05) is 54.9 Å². The number of nitrogens with zero attached hydrogens (tertiary/aromatic N) is 4. The first-order chi connectivity index (χ1) is 11.5. The van der Waals surface area contributed by atoms with Gasteiger partial charge in [0.25, 0.3) is 0 Å². The van der Waals surface area contributed by atoms with Gasteiger partial charge >= 0.3 is 0 Å². The Balaban J connectivity index is 1.79. The van der Waals surface area contributed by atoms with Crippen molar-refractivity contribution in [3.05, 3.63) is 29.8 Å². The fourth-order valence-electron chi connectivity index (χ4n) is 3.21. The van der Waals surface area contributed by atoms with Crippen molar-refractivity contribution >= 4 is 5.96 Å². The molecule has 1 heterocycles. The zero-order valence-corrected chi connectivity index (χ0v) is 15.8. The van der Waals surface area contributed by atoms with Crippen molar-refractivity contribution in [3.8, 4) is 5.75 Å². The quantitative estimate of drug-likeness (QED) is 0.612. The van der Waals surface area contributed by atoms with Crippen molar-refractivity contribution < 1.29 is 4.74 Å². The lowest BCUT2D eigenvalue weighted by atomic mass is 9.96. The Hall–Kier alpha value is -1.75. The Kier molecular flexibility index (Phi) is 6.91. The lowest BCUT2D eigenvalue weighted by Gasteiger charge is -2.32. The highest BCUT2D eigenvalue weighted by Crippen LogP contribution is 2.20. The number of aliphatic imine (C=N–C) groups is 1. The van der Waals surface area contributed by atoms with Crippen LogP contribution in [0.3, 0.4) is 0 Å². The first kappa shape index (κ1) is 18.6. The number of methoxy groups -OCH3 is 1. The highest BCUT2D eigenvalue weighted by atomic mass is 16.5. The van der Waals surface area contributed by atoms with Crippen LogP contribution < -0.4 is 4.74 Å². The van der Waals surface area contributed by atoms with Gasteiger partial charge in [0.1, 0.15) is 5.75 Å². The van der Waals surface area contributed by atoms with Crippen molar-refractivity contribution in [2.24, 2.45) is 10.9 Å². The molecule has 1 aromatic rings. The number of likely N-dealkylation sites (tertiary alicyclic amines) is 1. The van der Waals surface area contributed by atoms with Crippen LogP contribution in [-0.2, 0) is 6.54 Å². The highest BCUT2D eigenvalue weighted by molar-refractivity contribution is 5.79. The minimum absolute atomic E-state index is 0.701. The van der Waals surface area contributed by atoms with E-state index in [0.29, 0.717) is 5.92 Å². The molecule has 24 heavy (non-hydrogen) atoms. The third kappa shape index (κ3) is 5.41. The number of hydrogen-bond acceptors (Lipinski definition) is 3. The number of guanidine groups is 1. The van der Waals surface area contributed by atoms with Gasteiger partial charge in [-0.25, -0.2) is 0 Å². The molecule has 0 bridgehead atoms. The molecule has 0 N–H and O–H groups in total. The van der Waals surface area contributed by atoms with Gasteiger partial charge in [-0.15, -0.1) is 0 Å². The molecule has 2 rings (SSSR count). The molecule has 0 atom stereocenters. The molecule has 1 aliphatic rings. The maximum Gasteiger partial charge on any atom is 0.195 e. The maximum atomic E-state index is 5.22. The summed E-state index contributed by atoms with van der Waals surface area (Å²) in [6.07, 6.45) is 2.46. The van der Waals surface area contributed by atoms with Gasteiger partial charge in [0, 0.05) is 41.3 Å². The lowest BCUT2D eigenvalue weighted by molar-refractivity contribution is 0.180. The minimum Gasteiger partial charge on any atom is -0.497 e. The molecule has 0 amide bonds. The molecule has 0 radical (unpaired) electrons. The Bertz CT molecular complexity index is 507. The second kappa shape index (κ2) is 8.92. The fraction of sp³-hybridized carbons (Fsp3) is 0.632. The Labute approximate surface area is 146 Å². The molecule has 1 aliphatic heterocycles. The van der Waals surface area contributed by atoms with Crippen molar-refractivity contribution in [2.45, 2.75) is 19.4 Å². The summed E-state index contributed by atoms with van der Waals surface area (Å²) in [5.74, 6) is 2.68. The van der Waals surface area contributed by atoms with Gasteiger partial charge in [-0.2, -0.15) is 0 Å². The van der Waals surface area contributed by atoms with Gasteiger partial charge in [0.15, 0.2) is 5.96 Å². The van der Waals surface area contributed by atoms with Crippen LogP contribution in [0.1, 0.15) is 18.4 Å². The molecule has 0 aromatic heterocycles. The van der Waals surface area contributed by atoms with E-state index in [9.17, 15) is 0 Å². The van der Waals surface area contributed by atoms with Crippen LogP contribution in [-0.4, -0.2) is 75.6 Å². The van der Waals surface area contributed by atoms with Crippen LogP contribution in [0.4, 0.5) is 0 Å². The molecule has 134 valence electrons. The van der Waals surface area contributed by atoms with Gasteiger partial charge in [-0.05, 0) is 49.5 Å².